The maximum Gasteiger partial charge on any atom is 0.293 e. The fraction of sp³-hybridized carbons (Fsp3) is 0.607. The van der Waals surface area contributed by atoms with Crippen LogP contribution in [-0.2, 0) is 30.3 Å². The van der Waals surface area contributed by atoms with E-state index in [-0.39, 0.29) is 46.8 Å². The average molecular weight is 953 g/mol. The van der Waals surface area contributed by atoms with Crippen LogP contribution in [0.4, 0.5) is 5.69 Å². The third kappa shape index (κ3) is 14.7. The highest BCUT2D eigenvalue weighted by molar-refractivity contribution is 5.74. The Morgan fingerprint density at radius 3 is 2.33 bits per heavy atom. The maximum atomic E-state index is 12.1. The average Bonchev–Trinajstić information content (AvgIpc) is 4.04. The van der Waals surface area contributed by atoms with Gasteiger partial charge in [-0.05, 0) is 134 Å². The molecule has 13 heteroatoms. The number of anilines is 1. The van der Waals surface area contributed by atoms with Gasteiger partial charge >= 0.3 is 0 Å². The van der Waals surface area contributed by atoms with E-state index in [0.717, 1.165) is 93.1 Å². The molecule has 6 atom stereocenters. The van der Waals surface area contributed by atoms with Gasteiger partial charge in [0.25, 0.3) is 6.47 Å². The Morgan fingerprint density at radius 2 is 1.77 bits per heavy atom. The Kier molecular flexibility index (Phi) is 20.0. The molecule has 6 unspecified atom stereocenters. The number of nitrogens with one attached hydrogen (secondary N) is 1. The molecule has 1 aliphatic carbocycles. The van der Waals surface area contributed by atoms with Crippen molar-refractivity contribution in [2.75, 3.05) is 51.8 Å². The van der Waals surface area contributed by atoms with Crippen LogP contribution in [-0.4, -0.2) is 103 Å². The number of hydrogen-bond acceptors (Lipinski definition) is 12. The Morgan fingerprint density at radius 1 is 1.03 bits per heavy atom. The second kappa shape index (κ2) is 24.9. The van der Waals surface area contributed by atoms with E-state index in [9.17, 15) is 19.5 Å². The number of phenolic OH excluding ortho intramolecular Hbond substituents is 1. The summed E-state index contributed by atoms with van der Waals surface area (Å²) >= 11 is 0. The van der Waals surface area contributed by atoms with Crippen LogP contribution in [0.25, 0.3) is 11.1 Å². The van der Waals surface area contributed by atoms with E-state index in [1.807, 2.05) is 32.4 Å². The highest BCUT2D eigenvalue weighted by Crippen LogP contribution is 2.55. The number of aldehydes is 2. The second-order valence-corrected chi connectivity index (χ2v) is 21.8. The minimum absolute atomic E-state index is 0.0786. The van der Waals surface area contributed by atoms with Gasteiger partial charge in [0.2, 0.25) is 0 Å². The minimum atomic E-state index is -0.259. The van der Waals surface area contributed by atoms with E-state index in [1.54, 1.807) is 6.07 Å². The van der Waals surface area contributed by atoms with Gasteiger partial charge in [0.1, 0.15) is 30.5 Å². The van der Waals surface area contributed by atoms with Gasteiger partial charge in [0.15, 0.2) is 0 Å². The lowest BCUT2D eigenvalue weighted by Crippen LogP contribution is -2.58. The second-order valence-electron chi connectivity index (χ2n) is 21.8. The van der Waals surface area contributed by atoms with Gasteiger partial charge in [-0.2, -0.15) is 5.84 Å². The molecule has 1 saturated carbocycles. The summed E-state index contributed by atoms with van der Waals surface area (Å²) in [5.74, 6) is 6.77. The number of phenols is 1. The molecule has 2 aromatic carbocycles. The molecule has 1 aromatic heterocycles. The van der Waals surface area contributed by atoms with Crippen molar-refractivity contribution < 1.29 is 33.6 Å². The summed E-state index contributed by atoms with van der Waals surface area (Å²) in [4.78, 5) is 41.1. The zero-order valence-corrected chi connectivity index (χ0v) is 43.4. The Labute approximate surface area is 413 Å². The summed E-state index contributed by atoms with van der Waals surface area (Å²) in [6.07, 6.45) is 15.4. The number of likely N-dealkylation sites (N-methyl/N-ethyl adjacent to an activating group) is 2. The Balaban J connectivity index is 0.000000328. The molecule has 4 aliphatic rings. The molecule has 13 nitrogen and oxygen atoms in total. The third-order valence-corrected chi connectivity index (χ3v) is 14.7. The topological polar surface area (TPSA) is 173 Å². The van der Waals surface area contributed by atoms with Crippen LogP contribution in [0.3, 0.4) is 0 Å². The van der Waals surface area contributed by atoms with Crippen LogP contribution in [0.15, 0.2) is 67.0 Å². The molecule has 3 aliphatic heterocycles. The molecule has 0 amide bonds. The number of aromatic nitrogens is 1. The smallest absolute Gasteiger partial charge is 0.293 e. The van der Waals surface area contributed by atoms with Crippen molar-refractivity contribution in [3.63, 3.8) is 0 Å². The van der Waals surface area contributed by atoms with Crippen LogP contribution in [0.2, 0.25) is 0 Å². The standard InChI is InChI=1S/C39H52N4O4.C9H14O2.C8H20N3/c1-6-27(3)37-33(11-10-14-40-37)38-35(22-39(4,5)25-47-26-45)34-21-30(12-13-36(34)43(38)7-2)31-18-28(19-32(46)20-31)17-29(24-44)23-42-16-9-8-15-41-42;10-7-8-3-6-9(11-8)4-1-2-5-9;1-6(2)8(7(3)9)11(4,5)10/h10-14,18-21,24,26-27,29,35,38,41,46H,6-9,15-17,22-23,25H2,1-5H3;7-8H,1-6H2;6,8H,3,9-10H2,1-2,4-5H3/q;;+1. The van der Waals surface area contributed by atoms with Crippen molar-refractivity contribution in [3.8, 4) is 16.9 Å². The number of rotatable bonds is 19. The number of carbonyl (C=O) groups is 3. The fourth-order valence-corrected chi connectivity index (χ4v) is 11.6. The molecule has 0 bridgehead atoms. The molecule has 1 spiro atoms. The van der Waals surface area contributed by atoms with Crippen molar-refractivity contribution in [1.29, 1.82) is 0 Å². The van der Waals surface area contributed by atoms with E-state index in [2.05, 4.69) is 101 Å². The third-order valence-electron chi connectivity index (χ3n) is 14.7. The summed E-state index contributed by atoms with van der Waals surface area (Å²) in [5, 5.41) is 13.0. The molecular formula is C56H86N7O6+. The Bertz CT molecular complexity index is 2140. The summed E-state index contributed by atoms with van der Waals surface area (Å²) in [7, 11) is 3.84. The van der Waals surface area contributed by atoms with Crippen LogP contribution in [0.5, 0.6) is 5.75 Å². The number of benzene rings is 2. The number of hydrazine groups is 1. The van der Waals surface area contributed by atoms with Crippen LogP contribution in [0, 0.1) is 17.3 Å². The zero-order valence-electron chi connectivity index (χ0n) is 43.4. The fourth-order valence-electron chi connectivity index (χ4n) is 11.6. The van der Waals surface area contributed by atoms with Gasteiger partial charge in [-0.1, -0.05) is 79.2 Å². The number of aromatic hydroxyl groups is 1. The summed E-state index contributed by atoms with van der Waals surface area (Å²) in [5.41, 5.74) is 17.3. The van der Waals surface area contributed by atoms with Crippen LogP contribution in [0.1, 0.15) is 153 Å². The predicted molar refractivity (Wildman–Crippen MR) is 277 cm³/mol. The van der Waals surface area contributed by atoms with Gasteiger partial charge in [-0.25, -0.2) is 9.60 Å². The van der Waals surface area contributed by atoms with Crippen molar-refractivity contribution >= 4 is 24.7 Å². The number of fused-ring (bicyclic) bond motifs is 1. The molecule has 6 N–H and O–H groups in total. The van der Waals surface area contributed by atoms with Crippen molar-refractivity contribution in [1.82, 2.24) is 15.4 Å². The number of pyridine rings is 1. The van der Waals surface area contributed by atoms with Gasteiger partial charge in [0, 0.05) is 61.5 Å². The molecule has 3 fully saturated rings. The lowest BCUT2D eigenvalue weighted by atomic mass is 9.76. The van der Waals surface area contributed by atoms with Gasteiger partial charge in [0.05, 0.1) is 38.0 Å². The highest BCUT2D eigenvalue weighted by Gasteiger charge is 2.44. The molecular weight excluding hydrogens is 867 g/mol. The molecule has 0 radical (unpaired) electrons. The van der Waals surface area contributed by atoms with Crippen molar-refractivity contribution in [2.45, 2.75) is 155 Å². The van der Waals surface area contributed by atoms with Gasteiger partial charge < -0.3 is 34.8 Å². The number of nitrogens with two attached hydrogens (primary N) is 2. The van der Waals surface area contributed by atoms with E-state index in [1.165, 1.54) is 42.5 Å². The quantitative estimate of drug-likeness (QED) is 0.0389. The molecule has 3 aromatic rings. The largest absolute Gasteiger partial charge is 0.508 e. The number of carbonyl (C=O) groups excluding carboxylic acids is 3. The molecule has 7 rings (SSSR count). The first-order valence-corrected chi connectivity index (χ1v) is 25.7. The molecule has 380 valence electrons. The maximum absolute atomic E-state index is 12.1. The van der Waals surface area contributed by atoms with E-state index >= 15 is 0 Å². The van der Waals surface area contributed by atoms with Gasteiger partial charge in [-0.3, -0.25) is 15.2 Å². The number of quaternary nitrogens is 1. The van der Waals surface area contributed by atoms with E-state index < -0.39 is 0 Å². The normalized spacial score (nSPS) is 21.3. The van der Waals surface area contributed by atoms with Gasteiger partial charge in [-0.15, -0.1) is 0 Å². The summed E-state index contributed by atoms with van der Waals surface area (Å²) < 4.78 is 11.4. The monoisotopic (exact) mass is 953 g/mol. The zero-order chi connectivity index (χ0) is 50.5. The lowest BCUT2D eigenvalue weighted by Gasteiger charge is -2.35. The van der Waals surface area contributed by atoms with E-state index in [4.69, 9.17) is 26.0 Å². The number of ether oxygens (including phenoxy) is 2. The van der Waals surface area contributed by atoms with Crippen molar-refractivity contribution in [2.24, 2.45) is 28.8 Å². The van der Waals surface area contributed by atoms with Crippen LogP contribution < -0.4 is 21.9 Å². The first-order chi connectivity index (χ1) is 32.8. The number of nitrogens with zero attached hydrogens (tertiary/aromatic N) is 4. The summed E-state index contributed by atoms with van der Waals surface area (Å²) in [6, 6.07) is 16.9. The summed E-state index contributed by atoms with van der Waals surface area (Å²) in [6.45, 7) is 23.1. The first kappa shape index (κ1) is 55.3. The molecule has 2 saturated heterocycles. The first-order valence-electron chi connectivity index (χ1n) is 25.7. The highest BCUT2D eigenvalue weighted by atomic mass is 16.5. The molecule has 69 heavy (non-hydrogen) atoms. The van der Waals surface area contributed by atoms with E-state index in [0.29, 0.717) is 48.2 Å². The molecule has 4 heterocycles. The van der Waals surface area contributed by atoms with Crippen LogP contribution >= 0.6 is 0 Å². The lowest BCUT2D eigenvalue weighted by molar-refractivity contribution is -0.924. The predicted octanol–water partition coefficient (Wildman–Crippen LogP) is 9.29. The SMILES string of the molecule is C=C(N)C(C(C)C)[N+](C)(C)N.CCC(C)c1ncccc1C1C(CC(C)(C)COC=O)c2cc(-c3cc(O)cc(CC(C=O)CN4CCCCN4)c3)ccc2N1CC.O=CC1CCC2(CCCC2)O1. The minimum Gasteiger partial charge on any atom is -0.508 e. The Hall–Kier alpha value is -4.66. The van der Waals surface area contributed by atoms with Crippen molar-refractivity contribution in [3.05, 3.63) is 89.4 Å². The number of hydrogen-bond donors (Lipinski definition) is 4.